The van der Waals surface area contributed by atoms with Crippen molar-refractivity contribution in [3.63, 3.8) is 0 Å². The summed E-state index contributed by atoms with van der Waals surface area (Å²) in [6, 6.07) is 10.3. The number of aliphatic hydroxyl groups is 1. The molecule has 0 aliphatic carbocycles. The van der Waals surface area contributed by atoms with Crippen molar-refractivity contribution < 1.29 is 5.11 Å². The summed E-state index contributed by atoms with van der Waals surface area (Å²) in [7, 11) is 0. The van der Waals surface area contributed by atoms with Crippen LogP contribution in [0.2, 0.25) is 0 Å². The third-order valence-corrected chi connectivity index (χ3v) is 3.88. The molecule has 2 nitrogen and oxygen atoms in total. The van der Waals surface area contributed by atoms with E-state index in [1.54, 1.807) is 24.9 Å². The first-order chi connectivity index (χ1) is 8.56. The first-order valence-electron chi connectivity index (χ1n) is 5.95. The van der Waals surface area contributed by atoms with E-state index in [0.29, 0.717) is 0 Å². The van der Waals surface area contributed by atoms with Crippen LogP contribution in [0.3, 0.4) is 0 Å². The number of hydrogen-bond acceptors (Lipinski definition) is 3. The highest BCUT2D eigenvalue weighted by molar-refractivity contribution is 7.99. The molecule has 1 N–H and O–H groups in total. The Kier molecular flexibility index (Phi) is 4.04. The third-order valence-electron chi connectivity index (χ3n) is 2.94. The Balaban J connectivity index is 2.15. The summed E-state index contributed by atoms with van der Waals surface area (Å²) in [5.74, 6) is 0. The lowest BCUT2D eigenvalue weighted by atomic mass is 10.1. The SMILES string of the molecule is Cc1ccc(Sc2ccc([C@H](C)O)cn2)cc1C. The predicted octanol–water partition coefficient (Wildman–Crippen LogP) is 3.90. The molecule has 0 saturated carbocycles. The van der Waals surface area contributed by atoms with Gasteiger partial charge in [0.15, 0.2) is 0 Å². The van der Waals surface area contributed by atoms with Crippen LogP contribution in [0.1, 0.15) is 29.7 Å². The van der Waals surface area contributed by atoms with Crippen molar-refractivity contribution in [2.24, 2.45) is 0 Å². The molecule has 0 bridgehead atoms. The highest BCUT2D eigenvalue weighted by Crippen LogP contribution is 2.28. The number of nitrogens with zero attached hydrogens (tertiary/aromatic N) is 1. The van der Waals surface area contributed by atoms with Crippen LogP contribution >= 0.6 is 11.8 Å². The van der Waals surface area contributed by atoms with E-state index in [0.717, 1.165) is 10.6 Å². The Morgan fingerprint density at radius 1 is 1.11 bits per heavy atom. The first-order valence-corrected chi connectivity index (χ1v) is 6.77. The summed E-state index contributed by atoms with van der Waals surface area (Å²) in [6.07, 6.45) is 1.27. The van der Waals surface area contributed by atoms with Crippen LogP contribution in [0.4, 0.5) is 0 Å². The fourth-order valence-electron chi connectivity index (χ4n) is 1.60. The maximum atomic E-state index is 9.42. The fourth-order valence-corrected chi connectivity index (χ4v) is 2.45. The molecule has 1 aromatic carbocycles. The Morgan fingerprint density at radius 2 is 1.89 bits per heavy atom. The van der Waals surface area contributed by atoms with Crippen molar-refractivity contribution in [2.75, 3.05) is 0 Å². The number of hydrogen-bond donors (Lipinski definition) is 1. The van der Waals surface area contributed by atoms with E-state index in [2.05, 4.69) is 37.0 Å². The second-order valence-corrected chi connectivity index (χ2v) is 5.55. The Morgan fingerprint density at radius 3 is 2.44 bits per heavy atom. The summed E-state index contributed by atoms with van der Waals surface area (Å²) in [6.45, 7) is 5.97. The van der Waals surface area contributed by atoms with Crippen molar-refractivity contribution >= 4 is 11.8 Å². The van der Waals surface area contributed by atoms with Crippen LogP contribution in [-0.2, 0) is 0 Å². The minimum absolute atomic E-state index is 0.460. The van der Waals surface area contributed by atoms with Gasteiger partial charge in [0.2, 0.25) is 0 Å². The zero-order valence-corrected chi connectivity index (χ0v) is 11.7. The zero-order valence-electron chi connectivity index (χ0n) is 10.8. The number of rotatable bonds is 3. The lowest BCUT2D eigenvalue weighted by Crippen LogP contribution is -1.92. The summed E-state index contributed by atoms with van der Waals surface area (Å²) >= 11 is 1.64. The highest BCUT2D eigenvalue weighted by atomic mass is 32.2. The van der Waals surface area contributed by atoms with Crippen LogP contribution < -0.4 is 0 Å². The van der Waals surface area contributed by atoms with E-state index >= 15 is 0 Å². The van der Waals surface area contributed by atoms with Gasteiger partial charge in [0.05, 0.1) is 6.10 Å². The van der Waals surface area contributed by atoms with E-state index in [1.165, 1.54) is 16.0 Å². The molecule has 0 unspecified atom stereocenters. The van der Waals surface area contributed by atoms with Gasteiger partial charge in [0.1, 0.15) is 5.03 Å². The van der Waals surface area contributed by atoms with Crippen molar-refractivity contribution in [3.8, 4) is 0 Å². The molecule has 94 valence electrons. The van der Waals surface area contributed by atoms with E-state index < -0.39 is 6.10 Å². The molecule has 18 heavy (non-hydrogen) atoms. The Labute approximate surface area is 112 Å². The maximum absolute atomic E-state index is 9.42. The minimum atomic E-state index is -0.460. The van der Waals surface area contributed by atoms with Crippen LogP contribution in [0.25, 0.3) is 0 Å². The molecule has 3 heteroatoms. The van der Waals surface area contributed by atoms with Crippen molar-refractivity contribution in [3.05, 3.63) is 53.2 Å². The third kappa shape index (κ3) is 3.12. The minimum Gasteiger partial charge on any atom is -0.389 e. The molecular formula is C15H17NOS. The fraction of sp³-hybridized carbons (Fsp3) is 0.267. The largest absolute Gasteiger partial charge is 0.389 e. The number of benzene rings is 1. The van der Waals surface area contributed by atoms with Crippen LogP contribution in [0.5, 0.6) is 0 Å². The molecule has 0 amide bonds. The van der Waals surface area contributed by atoms with Crippen molar-refractivity contribution in [2.45, 2.75) is 36.8 Å². The maximum Gasteiger partial charge on any atom is 0.101 e. The second-order valence-electron chi connectivity index (χ2n) is 4.45. The number of aromatic nitrogens is 1. The van der Waals surface area contributed by atoms with Crippen LogP contribution in [-0.4, -0.2) is 10.1 Å². The molecule has 0 aliphatic rings. The van der Waals surface area contributed by atoms with Gasteiger partial charge in [0, 0.05) is 11.1 Å². The molecular weight excluding hydrogens is 242 g/mol. The average Bonchev–Trinajstić information content (AvgIpc) is 2.34. The van der Waals surface area contributed by atoms with Gasteiger partial charge in [-0.1, -0.05) is 23.9 Å². The molecule has 1 heterocycles. The average molecular weight is 259 g/mol. The van der Waals surface area contributed by atoms with Gasteiger partial charge in [-0.15, -0.1) is 0 Å². The van der Waals surface area contributed by atoms with Crippen molar-refractivity contribution in [1.82, 2.24) is 4.98 Å². The zero-order chi connectivity index (χ0) is 13.1. The van der Waals surface area contributed by atoms with E-state index in [1.807, 2.05) is 12.1 Å². The molecule has 2 aromatic rings. The smallest absolute Gasteiger partial charge is 0.101 e. The molecule has 0 radical (unpaired) electrons. The standard InChI is InChI=1S/C15H17NOS/c1-10-4-6-14(8-11(10)2)18-15-7-5-13(9-16-15)12(3)17/h4-9,12,17H,1-3H3/t12-/m0/s1. The quantitative estimate of drug-likeness (QED) is 0.907. The highest BCUT2D eigenvalue weighted by Gasteiger charge is 2.03. The van der Waals surface area contributed by atoms with Gasteiger partial charge in [-0.25, -0.2) is 4.98 Å². The molecule has 0 spiro atoms. The van der Waals surface area contributed by atoms with E-state index in [9.17, 15) is 5.11 Å². The first kappa shape index (κ1) is 13.1. The monoisotopic (exact) mass is 259 g/mol. The number of pyridine rings is 1. The summed E-state index contributed by atoms with van der Waals surface area (Å²) in [5.41, 5.74) is 3.44. The lowest BCUT2D eigenvalue weighted by molar-refractivity contribution is 0.198. The number of aliphatic hydroxyl groups excluding tert-OH is 1. The molecule has 0 aliphatic heterocycles. The Bertz CT molecular complexity index is 535. The molecule has 2 rings (SSSR count). The van der Waals surface area contributed by atoms with Gasteiger partial charge >= 0.3 is 0 Å². The van der Waals surface area contributed by atoms with Crippen molar-refractivity contribution in [1.29, 1.82) is 0 Å². The number of aryl methyl sites for hydroxylation is 2. The van der Waals surface area contributed by atoms with E-state index in [-0.39, 0.29) is 0 Å². The van der Waals surface area contributed by atoms with Gasteiger partial charge in [-0.05, 0) is 55.7 Å². The molecule has 1 atom stereocenters. The lowest BCUT2D eigenvalue weighted by Gasteiger charge is -2.06. The van der Waals surface area contributed by atoms with Gasteiger partial charge in [-0.2, -0.15) is 0 Å². The topological polar surface area (TPSA) is 33.1 Å². The van der Waals surface area contributed by atoms with Crippen LogP contribution in [0, 0.1) is 13.8 Å². The predicted molar refractivity (Wildman–Crippen MR) is 74.9 cm³/mol. The normalized spacial score (nSPS) is 12.4. The second kappa shape index (κ2) is 5.55. The van der Waals surface area contributed by atoms with Gasteiger partial charge < -0.3 is 5.11 Å². The van der Waals surface area contributed by atoms with Crippen LogP contribution in [0.15, 0.2) is 46.5 Å². The Hall–Kier alpha value is -1.32. The summed E-state index contributed by atoms with van der Waals surface area (Å²) in [4.78, 5) is 5.54. The molecule has 0 fully saturated rings. The molecule has 1 aromatic heterocycles. The molecule has 0 saturated heterocycles. The summed E-state index contributed by atoms with van der Waals surface area (Å²) < 4.78 is 0. The van der Waals surface area contributed by atoms with Gasteiger partial charge in [-0.3, -0.25) is 0 Å². The van der Waals surface area contributed by atoms with E-state index in [4.69, 9.17) is 0 Å². The summed E-state index contributed by atoms with van der Waals surface area (Å²) in [5, 5.41) is 10.4. The van der Waals surface area contributed by atoms with Gasteiger partial charge in [0.25, 0.3) is 0 Å².